The number of carbonyl (C=O) groups is 2. The molecule has 0 bridgehead atoms. The van der Waals surface area contributed by atoms with E-state index < -0.39 is 11.9 Å². The summed E-state index contributed by atoms with van der Waals surface area (Å²) in [5.74, 6) is 2.73. The molecule has 1 atom stereocenters. The molecule has 3 aromatic carbocycles. The summed E-state index contributed by atoms with van der Waals surface area (Å²) in [5, 5.41) is 0. The van der Waals surface area contributed by atoms with Crippen molar-refractivity contribution in [3.63, 3.8) is 0 Å². The Kier molecular flexibility index (Phi) is 21.4. The Labute approximate surface area is 339 Å². The van der Waals surface area contributed by atoms with Crippen LogP contribution in [0, 0.1) is 0 Å². The lowest BCUT2D eigenvalue weighted by Gasteiger charge is -2.23. The van der Waals surface area contributed by atoms with E-state index in [9.17, 15) is 9.59 Å². The summed E-state index contributed by atoms with van der Waals surface area (Å²) in [7, 11) is 10.3. The van der Waals surface area contributed by atoms with Gasteiger partial charge in [-0.3, -0.25) is 4.90 Å². The maximum Gasteiger partial charge on any atom is 0.331 e. The molecule has 3 rings (SSSR count). The standard InChI is InChI=1S/C45H64N2O10/c1-9-25-55-28-24-47(33-36-13-17-41(52-6)43(31-36)54-8)22-11-27-57-45(49)19-18-44(48)56-26-10-21-46(3)23-20-37-32-38(50-4)14-15-39(37)34(2)29-35-12-16-40(51-5)42(30-35)53-7/h12-19,30-32,34H,9-11,20-29,33H2,1-8H3/b19-18-/t34-/m1/s1. The first-order valence-electron chi connectivity index (χ1n) is 19.7. The highest BCUT2D eigenvalue weighted by Gasteiger charge is 2.16. The van der Waals surface area contributed by atoms with Gasteiger partial charge < -0.3 is 42.8 Å². The van der Waals surface area contributed by atoms with Crippen molar-refractivity contribution >= 4 is 11.9 Å². The zero-order valence-electron chi connectivity index (χ0n) is 35.3. The Bertz CT molecular complexity index is 1680. The normalized spacial score (nSPS) is 11.8. The van der Waals surface area contributed by atoms with E-state index in [-0.39, 0.29) is 19.1 Å². The lowest BCUT2D eigenvalue weighted by Crippen LogP contribution is -2.29. The molecule has 0 saturated heterocycles. The highest BCUT2D eigenvalue weighted by Crippen LogP contribution is 2.32. The predicted molar refractivity (Wildman–Crippen MR) is 222 cm³/mol. The molecular formula is C45H64N2O10. The van der Waals surface area contributed by atoms with E-state index in [1.165, 1.54) is 16.7 Å². The van der Waals surface area contributed by atoms with E-state index in [0.29, 0.717) is 56.4 Å². The fourth-order valence-electron chi connectivity index (χ4n) is 6.45. The molecule has 314 valence electrons. The van der Waals surface area contributed by atoms with Crippen LogP contribution in [0.25, 0.3) is 0 Å². The van der Waals surface area contributed by atoms with Gasteiger partial charge in [0, 0.05) is 51.5 Å². The molecule has 0 radical (unpaired) electrons. The highest BCUT2D eigenvalue weighted by molar-refractivity contribution is 5.91. The summed E-state index contributed by atoms with van der Waals surface area (Å²) in [4.78, 5) is 29.1. The van der Waals surface area contributed by atoms with Crippen molar-refractivity contribution in [1.82, 2.24) is 9.80 Å². The minimum Gasteiger partial charge on any atom is -0.497 e. The molecule has 0 heterocycles. The lowest BCUT2D eigenvalue weighted by atomic mass is 9.89. The van der Waals surface area contributed by atoms with Gasteiger partial charge in [0.1, 0.15) is 5.75 Å². The Morgan fingerprint density at radius 2 is 1.25 bits per heavy atom. The summed E-state index contributed by atoms with van der Waals surface area (Å²) >= 11 is 0. The second kappa shape index (κ2) is 26.2. The van der Waals surface area contributed by atoms with E-state index in [1.54, 1.807) is 35.5 Å². The average Bonchev–Trinajstić information content (AvgIpc) is 3.23. The van der Waals surface area contributed by atoms with Crippen LogP contribution in [0.2, 0.25) is 0 Å². The molecule has 0 aliphatic heterocycles. The number of hydrogen-bond donors (Lipinski definition) is 0. The van der Waals surface area contributed by atoms with Gasteiger partial charge in [-0.1, -0.05) is 32.0 Å². The van der Waals surface area contributed by atoms with Crippen LogP contribution in [0.5, 0.6) is 28.7 Å². The number of carbonyl (C=O) groups excluding carboxylic acids is 2. The molecule has 0 amide bonds. The first-order valence-corrected chi connectivity index (χ1v) is 19.7. The summed E-state index contributed by atoms with van der Waals surface area (Å²) < 4.78 is 43.7. The fourth-order valence-corrected chi connectivity index (χ4v) is 6.45. The number of likely N-dealkylation sites (N-methyl/N-ethyl adjacent to an activating group) is 1. The topological polar surface area (TPSA) is 114 Å². The van der Waals surface area contributed by atoms with Gasteiger partial charge >= 0.3 is 11.9 Å². The van der Waals surface area contributed by atoms with E-state index in [4.69, 9.17) is 37.9 Å². The van der Waals surface area contributed by atoms with E-state index in [1.807, 2.05) is 36.4 Å². The van der Waals surface area contributed by atoms with Crippen LogP contribution in [0.3, 0.4) is 0 Å². The molecule has 12 nitrogen and oxygen atoms in total. The Balaban J connectivity index is 1.38. The fraction of sp³-hybridized carbons (Fsp3) is 0.511. The van der Waals surface area contributed by atoms with Gasteiger partial charge in [-0.25, -0.2) is 9.59 Å². The van der Waals surface area contributed by atoms with Gasteiger partial charge in [0.05, 0.1) is 55.4 Å². The van der Waals surface area contributed by atoms with E-state index in [0.717, 1.165) is 68.1 Å². The molecule has 0 aliphatic rings. The summed E-state index contributed by atoms with van der Waals surface area (Å²) in [6.45, 7) is 9.76. The monoisotopic (exact) mass is 792 g/mol. The van der Waals surface area contributed by atoms with Gasteiger partial charge in [0.15, 0.2) is 23.0 Å². The quantitative estimate of drug-likeness (QED) is 0.0433. The van der Waals surface area contributed by atoms with Gasteiger partial charge in [-0.15, -0.1) is 0 Å². The van der Waals surface area contributed by atoms with Crippen LogP contribution in [-0.4, -0.2) is 117 Å². The molecule has 0 aliphatic carbocycles. The molecule has 3 aromatic rings. The van der Waals surface area contributed by atoms with Crippen molar-refractivity contribution in [2.75, 3.05) is 95.2 Å². The van der Waals surface area contributed by atoms with Crippen LogP contribution in [0.1, 0.15) is 61.3 Å². The van der Waals surface area contributed by atoms with Gasteiger partial charge in [-0.05, 0) is 104 Å². The van der Waals surface area contributed by atoms with Crippen molar-refractivity contribution in [2.45, 2.75) is 58.4 Å². The second-order valence-corrected chi connectivity index (χ2v) is 13.9. The number of ether oxygens (including phenoxy) is 8. The Hall–Kier alpha value is -4.78. The first kappa shape index (κ1) is 46.6. The molecule has 0 unspecified atom stereocenters. The minimum absolute atomic E-state index is 0.219. The molecule has 57 heavy (non-hydrogen) atoms. The first-order chi connectivity index (χ1) is 27.6. The number of hydrogen-bond acceptors (Lipinski definition) is 12. The minimum atomic E-state index is -0.584. The molecule has 0 aromatic heterocycles. The van der Waals surface area contributed by atoms with Crippen LogP contribution >= 0.6 is 0 Å². The van der Waals surface area contributed by atoms with E-state index >= 15 is 0 Å². The average molecular weight is 793 g/mol. The SMILES string of the molecule is CCCOCCN(CCCOC(=O)/C=C\C(=O)OCCCN(C)CCc1cc(OC)ccc1[C@H](C)Cc1ccc(OC)c(OC)c1)Cc1ccc(OC)c(OC)c1. The van der Waals surface area contributed by atoms with Crippen molar-refractivity contribution in [3.8, 4) is 28.7 Å². The predicted octanol–water partition coefficient (Wildman–Crippen LogP) is 6.90. The molecule has 0 fully saturated rings. The van der Waals surface area contributed by atoms with Gasteiger partial charge in [-0.2, -0.15) is 0 Å². The van der Waals surface area contributed by atoms with E-state index in [2.05, 4.69) is 48.9 Å². The third kappa shape index (κ3) is 16.7. The highest BCUT2D eigenvalue weighted by atomic mass is 16.5. The second-order valence-electron chi connectivity index (χ2n) is 13.9. The van der Waals surface area contributed by atoms with Crippen LogP contribution in [0.15, 0.2) is 66.7 Å². The van der Waals surface area contributed by atoms with Crippen LogP contribution in [0.4, 0.5) is 0 Å². The molecule has 0 saturated carbocycles. The Morgan fingerprint density at radius 1 is 0.649 bits per heavy atom. The number of methoxy groups -OCH3 is 5. The molecule has 0 spiro atoms. The summed E-state index contributed by atoms with van der Waals surface area (Å²) in [6.07, 6.45) is 6.17. The number of benzene rings is 3. The third-order valence-corrected chi connectivity index (χ3v) is 9.54. The van der Waals surface area contributed by atoms with Gasteiger partial charge in [0.25, 0.3) is 0 Å². The summed E-state index contributed by atoms with van der Waals surface area (Å²) in [6, 6.07) is 18.2. The zero-order chi connectivity index (χ0) is 41.4. The van der Waals surface area contributed by atoms with Crippen molar-refractivity contribution in [3.05, 3.63) is 89.0 Å². The molecular weight excluding hydrogens is 728 g/mol. The number of nitrogens with zero attached hydrogens (tertiary/aromatic N) is 2. The molecule has 0 N–H and O–H groups in total. The van der Waals surface area contributed by atoms with Gasteiger partial charge in [0.2, 0.25) is 0 Å². The maximum absolute atomic E-state index is 12.3. The van der Waals surface area contributed by atoms with Crippen LogP contribution < -0.4 is 23.7 Å². The summed E-state index contributed by atoms with van der Waals surface area (Å²) in [5.41, 5.74) is 4.76. The van der Waals surface area contributed by atoms with Crippen molar-refractivity contribution in [1.29, 1.82) is 0 Å². The van der Waals surface area contributed by atoms with Crippen molar-refractivity contribution in [2.24, 2.45) is 0 Å². The lowest BCUT2D eigenvalue weighted by molar-refractivity contribution is -0.140. The smallest absolute Gasteiger partial charge is 0.331 e. The zero-order valence-corrected chi connectivity index (χ0v) is 35.3. The molecule has 12 heteroatoms. The Morgan fingerprint density at radius 3 is 1.84 bits per heavy atom. The number of rotatable bonds is 28. The van der Waals surface area contributed by atoms with Crippen molar-refractivity contribution < 1.29 is 47.5 Å². The van der Waals surface area contributed by atoms with Crippen LogP contribution in [-0.2, 0) is 43.2 Å². The number of esters is 2. The third-order valence-electron chi connectivity index (χ3n) is 9.54. The maximum atomic E-state index is 12.3. The largest absolute Gasteiger partial charge is 0.497 e.